The molecule has 0 radical (unpaired) electrons. The lowest BCUT2D eigenvalue weighted by Crippen LogP contribution is -2.54. The minimum Gasteiger partial charge on any atom is -0.380 e. The summed E-state index contributed by atoms with van der Waals surface area (Å²) in [4.78, 5) is 0. The Balaban J connectivity index is 1.99. The number of rotatable bonds is 2. The molecule has 1 N–H and O–H groups in total. The molecule has 0 aromatic carbocycles. The Bertz CT molecular complexity index is 131. The van der Waals surface area contributed by atoms with Gasteiger partial charge in [-0.2, -0.15) is 0 Å². The SMILES string of the molecule is CCC1(C2CCCN2)COC1. The van der Waals surface area contributed by atoms with Crippen LogP contribution in [0.5, 0.6) is 0 Å². The van der Waals surface area contributed by atoms with E-state index in [1.54, 1.807) is 0 Å². The molecule has 2 aliphatic heterocycles. The van der Waals surface area contributed by atoms with Crippen molar-refractivity contribution in [3.8, 4) is 0 Å². The van der Waals surface area contributed by atoms with E-state index in [0.717, 1.165) is 19.3 Å². The van der Waals surface area contributed by atoms with Crippen LogP contribution < -0.4 is 5.32 Å². The fraction of sp³-hybridized carbons (Fsp3) is 1.00. The van der Waals surface area contributed by atoms with Crippen molar-refractivity contribution in [2.75, 3.05) is 19.8 Å². The monoisotopic (exact) mass is 155 g/mol. The van der Waals surface area contributed by atoms with Crippen LogP contribution in [0.15, 0.2) is 0 Å². The highest BCUT2D eigenvalue weighted by atomic mass is 16.5. The fourth-order valence-corrected chi connectivity index (χ4v) is 2.22. The van der Waals surface area contributed by atoms with Gasteiger partial charge in [-0.15, -0.1) is 0 Å². The van der Waals surface area contributed by atoms with Gasteiger partial charge in [-0.3, -0.25) is 0 Å². The van der Waals surface area contributed by atoms with Crippen LogP contribution in [0.3, 0.4) is 0 Å². The predicted octanol–water partition coefficient (Wildman–Crippen LogP) is 1.17. The van der Waals surface area contributed by atoms with E-state index in [0.29, 0.717) is 5.41 Å². The molecule has 2 heterocycles. The van der Waals surface area contributed by atoms with E-state index in [-0.39, 0.29) is 0 Å². The molecule has 2 fully saturated rings. The van der Waals surface area contributed by atoms with Crippen molar-refractivity contribution >= 4 is 0 Å². The highest BCUT2D eigenvalue weighted by molar-refractivity contribution is 4.97. The summed E-state index contributed by atoms with van der Waals surface area (Å²) in [5, 5.41) is 3.57. The van der Waals surface area contributed by atoms with Crippen LogP contribution in [0.2, 0.25) is 0 Å². The second-order valence-corrected chi connectivity index (χ2v) is 3.86. The molecule has 0 amide bonds. The van der Waals surface area contributed by atoms with Gasteiger partial charge in [-0.1, -0.05) is 6.92 Å². The molecule has 2 rings (SSSR count). The first-order chi connectivity index (χ1) is 5.37. The van der Waals surface area contributed by atoms with Crippen molar-refractivity contribution in [1.82, 2.24) is 5.32 Å². The summed E-state index contributed by atoms with van der Waals surface area (Å²) >= 11 is 0. The Morgan fingerprint density at radius 3 is 2.73 bits per heavy atom. The maximum atomic E-state index is 5.30. The quantitative estimate of drug-likeness (QED) is 0.646. The van der Waals surface area contributed by atoms with Crippen molar-refractivity contribution < 1.29 is 4.74 Å². The first kappa shape index (κ1) is 7.56. The summed E-state index contributed by atoms with van der Waals surface area (Å²) in [6, 6.07) is 0.751. The molecule has 0 aromatic rings. The molecule has 0 aliphatic carbocycles. The van der Waals surface area contributed by atoms with Crippen LogP contribution in [0, 0.1) is 5.41 Å². The molecular weight excluding hydrogens is 138 g/mol. The molecule has 1 unspecified atom stereocenters. The standard InChI is InChI=1S/C9H17NO/c1-2-9(6-11-7-9)8-4-3-5-10-8/h8,10H,2-7H2,1H3. The Hall–Kier alpha value is -0.0800. The molecule has 0 spiro atoms. The maximum absolute atomic E-state index is 5.30. The number of ether oxygens (including phenoxy) is 1. The Labute approximate surface area is 68.3 Å². The van der Waals surface area contributed by atoms with Gasteiger partial charge in [-0.25, -0.2) is 0 Å². The number of hydrogen-bond donors (Lipinski definition) is 1. The van der Waals surface area contributed by atoms with E-state index >= 15 is 0 Å². The van der Waals surface area contributed by atoms with Gasteiger partial charge in [0, 0.05) is 11.5 Å². The average Bonchev–Trinajstić information content (AvgIpc) is 2.39. The molecule has 11 heavy (non-hydrogen) atoms. The molecule has 2 nitrogen and oxygen atoms in total. The largest absolute Gasteiger partial charge is 0.380 e. The number of nitrogens with one attached hydrogen (secondary N) is 1. The van der Waals surface area contributed by atoms with Gasteiger partial charge in [0.25, 0.3) is 0 Å². The molecule has 0 saturated carbocycles. The maximum Gasteiger partial charge on any atom is 0.0559 e. The van der Waals surface area contributed by atoms with Gasteiger partial charge in [0.15, 0.2) is 0 Å². The molecule has 2 heteroatoms. The fourth-order valence-electron chi connectivity index (χ4n) is 2.22. The lowest BCUT2D eigenvalue weighted by Gasteiger charge is -2.45. The van der Waals surface area contributed by atoms with Crippen molar-refractivity contribution in [3.05, 3.63) is 0 Å². The van der Waals surface area contributed by atoms with Gasteiger partial charge < -0.3 is 10.1 Å². The lowest BCUT2D eigenvalue weighted by atomic mass is 9.75. The topological polar surface area (TPSA) is 21.3 Å². The first-order valence-electron chi connectivity index (χ1n) is 4.68. The van der Waals surface area contributed by atoms with Crippen LogP contribution in [0.25, 0.3) is 0 Å². The second-order valence-electron chi connectivity index (χ2n) is 3.86. The average molecular weight is 155 g/mol. The minimum atomic E-state index is 0.510. The normalized spacial score (nSPS) is 35.2. The summed E-state index contributed by atoms with van der Waals surface area (Å²) < 4.78 is 5.30. The third kappa shape index (κ3) is 1.09. The first-order valence-corrected chi connectivity index (χ1v) is 4.68. The molecular formula is C9H17NO. The van der Waals surface area contributed by atoms with E-state index in [2.05, 4.69) is 12.2 Å². The smallest absolute Gasteiger partial charge is 0.0559 e. The van der Waals surface area contributed by atoms with E-state index < -0.39 is 0 Å². The predicted molar refractivity (Wildman–Crippen MR) is 44.6 cm³/mol. The van der Waals surface area contributed by atoms with E-state index in [1.807, 2.05) is 0 Å². The Morgan fingerprint density at radius 1 is 1.55 bits per heavy atom. The van der Waals surface area contributed by atoms with Crippen molar-refractivity contribution in [2.45, 2.75) is 32.2 Å². The lowest BCUT2D eigenvalue weighted by molar-refractivity contribution is -0.131. The molecule has 2 saturated heterocycles. The Morgan fingerprint density at radius 2 is 2.36 bits per heavy atom. The summed E-state index contributed by atoms with van der Waals surface area (Å²) in [7, 11) is 0. The summed E-state index contributed by atoms with van der Waals surface area (Å²) in [5.74, 6) is 0. The molecule has 0 bridgehead atoms. The zero-order valence-electron chi connectivity index (χ0n) is 7.23. The minimum absolute atomic E-state index is 0.510. The van der Waals surface area contributed by atoms with Gasteiger partial charge in [0.05, 0.1) is 13.2 Å². The van der Waals surface area contributed by atoms with Gasteiger partial charge in [0.1, 0.15) is 0 Å². The molecule has 64 valence electrons. The van der Waals surface area contributed by atoms with E-state index in [4.69, 9.17) is 4.74 Å². The van der Waals surface area contributed by atoms with Crippen LogP contribution in [-0.2, 0) is 4.74 Å². The van der Waals surface area contributed by atoms with Crippen molar-refractivity contribution in [2.24, 2.45) is 5.41 Å². The van der Waals surface area contributed by atoms with E-state index in [1.165, 1.54) is 25.8 Å². The zero-order chi connectivity index (χ0) is 7.73. The second kappa shape index (κ2) is 2.76. The van der Waals surface area contributed by atoms with Crippen molar-refractivity contribution in [1.29, 1.82) is 0 Å². The molecule has 2 aliphatic rings. The molecule has 0 aromatic heterocycles. The summed E-state index contributed by atoms with van der Waals surface area (Å²) in [6.07, 6.45) is 3.98. The van der Waals surface area contributed by atoms with E-state index in [9.17, 15) is 0 Å². The highest BCUT2D eigenvalue weighted by Crippen LogP contribution is 2.38. The third-order valence-electron chi connectivity index (χ3n) is 3.28. The van der Waals surface area contributed by atoms with Crippen LogP contribution in [0.1, 0.15) is 26.2 Å². The zero-order valence-corrected chi connectivity index (χ0v) is 7.23. The van der Waals surface area contributed by atoms with Crippen LogP contribution in [-0.4, -0.2) is 25.8 Å². The van der Waals surface area contributed by atoms with Gasteiger partial charge in [-0.05, 0) is 25.8 Å². The van der Waals surface area contributed by atoms with Gasteiger partial charge >= 0.3 is 0 Å². The van der Waals surface area contributed by atoms with Crippen molar-refractivity contribution in [3.63, 3.8) is 0 Å². The summed E-state index contributed by atoms with van der Waals surface area (Å²) in [6.45, 7) is 5.47. The number of hydrogen-bond acceptors (Lipinski definition) is 2. The van der Waals surface area contributed by atoms with Crippen LogP contribution in [0.4, 0.5) is 0 Å². The Kier molecular flexibility index (Phi) is 1.90. The highest BCUT2D eigenvalue weighted by Gasteiger charge is 2.44. The third-order valence-corrected chi connectivity index (χ3v) is 3.28. The van der Waals surface area contributed by atoms with Gasteiger partial charge in [0.2, 0.25) is 0 Å². The summed E-state index contributed by atoms with van der Waals surface area (Å²) in [5.41, 5.74) is 0.510. The molecule has 1 atom stereocenters. The van der Waals surface area contributed by atoms with Crippen LogP contribution >= 0.6 is 0 Å².